The summed E-state index contributed by atoms with van der Waals surface area (Å²) in [5.41, 5.74) is 3.62. The maximum Gasteiger partial charge on any atom is 0.275 e. The molecule has 0 aliphatic carbocycles. The van der Waals surface area contributed by atoms with Crippen molar-refractivity contribution in [1.29, 1.82) is 0 Å². The van der Waals surface area contributed by atoms with E-state index in [4.69, 9.17) is 0 Å². The molecule has 2 N–H and O–H groups in total. The van der Waals surface area contributed by atoms with Gasteiger partial charge in [-0.15, -0.1) is 0 Å². The Labute approximate surface area is 127 Å². The second-order valence-corrected chi connectivity index (χ2v) is 5.43. The van der Waals surface area contributed by atoms with E-state index in [0.29, 0.717) is 18.8 Å². The van der Waals surface area contributed by atoms with E-state index in [1.54, 1.807) is 0 Å². The van der Waals surface area contributed by atoms with Gasteiger partial charge in [0.05, 0.1) is 5.52 Å². The Morgan fingerprint density at radius 3 is 2.86 bits per heavy atom. The van der Waals surface area contributed by atoms with Gasteiger partial charge in [0, 0.05) is 30.7 Å². The summed E-state index contributed by atoms with van der Waals surface area (Å²) in [6.07, 6.45) is 0. The van der Waals surface area contributed by atoms with E-state index in [9.17, 15) is 4.79 Å². The molecule has 0 saturated carbocycles. The highest BCUT2D eigenvalue weighted by atomic mass is 16.2. The summed E-state index contributed by atoms with van der Waals surface area (Å²) in [6, 6.07) is 15.8. The molecule has 3 aromatic rings. The van der Waals surface area contributed by atoms with Gasteiger partial charge < -0.3 is 10.2 Å². The number of hydrogen-bond acceptors (Lipinski definition) is 3. The van der Waals surface area contributed by atoms with Gasteiger partial charge in [0.2, 0.25) is 0 Å². The lowest BCUT2D eigenvalue weighted by Gasteiger charge is -2.19. The van der Waals surface area contributed by atoms with E-state index in [0.717, 1.165) is 28.7 Å². The molecule has 0 bridgehead atoms. The van der Waals surface area contributed by atoms with Crippen molar-refractivity contribution in [1.82, 2.24) is 15.1 Å². The van der Waals surface area contributed by atoms with Gasteiger partial charge >= 0.3 is 0 Å². The van der Waals surface area contributed by atoms with Crippen LogP contribution in [0.15, 0.2) is 48.5 Å². The number of hydrogen-bond donors (Lipinski definition) is 2. The molecule has 1 amide bonds. The summed E-state index contributed by atoms with van der Waals surface area (Å²) in [5, 5.41) is 11.4. The Morgan fingerprint density at radius 2 is 1.91 bits per heavy atom. The molecule has 0 spiro atoms. The Kier molecular flexibility index (Phi) is 3.04. The molecule has 0 fully saturated rings. The Bertz CT molecular complexity index is 839. The number of benzene rings is 2. The van der Waals surface area contributed by atoms with Crippen molar-refractivity contribution in [2.45, 2.75) is 6.54 Å². The second-order valence-electron chi connectivity index (χ2n) is 5.43. The van der Waals surface area contributed by atoms with Crippen molar-refractivity contribution < 1.29 is 4.79 Å². The van der Waals surface area contributed by atoms with Crippen LogP contribution in [0, 0.1) is 0 Å². The molecule has 4 rings (SSSR count). The van der Waals surface area contributed by atoms with Crippen LogP contribution in [0.2, 0.25) is 0 Å². The molecule has 22 heavy (non-hydrogen) atoms. The number of amides is 1. The van der Waals surface area contributed by atoms with Crippen molar-refractivity contribution >= 4 is 22.5 Å². The van der Waals surface area contributed by atoms with Crippen LogP contribution in [0.25, 0.3) is 10.9 Å². The predicted octanol–water partition coefficient (Wildman–Crippen LogP) is 2.63. The highest BCUT2D eigenvalue weighted by molar-refractivity contribution is 6.04. The van der Waals surface area contributed by atoms with Gasteiger partial charge in [-0.05, 0) is 17.7 Å². The lowest BCUT2D eigenvalue weighted by atomic mass is 10.1. The van der Waals surface area contributed by atoms with Gasteiger partial charge in [-0.3, -0.25) is 9.89 Å². The van der Waals surface area contributed by atoms with Crippen LogP contribution in [-0.2, 0) is 6.54 Å². The van der Waals surface area contributed by atoms with Gasteiger partial charge in [-0.25, -0.2) is 0 Å². The maximum atomic E-state index is 12.9. The minimum atomic E-state index is -0.0315. The van der Waals surface area contributed by atoms with E-state index in [1.165, 1.54) is 0 Å². The Morgan fingerprint density at radius 1 is 1.09 bits per heavy atom. The van der Waals surface area contributed by atoms with Gasteiger partial charge in [-0.2, -0.15) is 5.10 Å². The largest absolute Gasteiger partial charge is 0.383 e. The SMILES string of the molecule is O=C(c1n[nH]c2ccccc12)N1CCNc2ccccc2C1. The van der Waals surface area contributed by atoms with E-state index in [2.05, 4.69) is 21.6 Å². The Balaban J connectivity index is 1.68. The molecular formula is C17H16N4O. The Hall–Kier alpha value is -2.82. The number of fused-ring (bicyclic) bond motifs is 2. The second kappa shape index (κ2) is 5.18. The zero-order valence-corrected chi connectivity index (χ0v) is 12.0. The van der Waals surface area contributed by atoms with Crippen LogP contribution in [0.3, 0.4) is 0 Å². The summed E-state index contributed by atoms with van der Waals surface area (Å²) in [7, 11) is 0. The monoisotopic (exact) mass is 292 g/mol. The number of H-pyrrole nitrogens is 1. The molecule has 5 heteroatoms. The minimum absolute atomic E-state index is 0.0315. The molecule has 1 aliphatic heterocycles. The van der Waals surface area contributed by atoms with Crippen LogP contribution in [0.4, 0.5) is 5.69 Å². The molecule has 1 aliphatic rings. The summed E-state index contributed by atoms with van der Waals surface area (Å²) in [6.45, 7) is 2.00. The van der Waals surface area contributed by atoms with Crippen LogP contribution < -0.4 is 5.32 Å². The standard InChI is InChI=1S/C17H16N4O/c22-17(16-13-6-2-4-8-15(13)19-20-16)21-10-9-18-14-7-3-1-5-12(14)11-21/h1-8,18H,9-11H2,(H,19,20). The summed E-state index contributed by atoms with van der Waals surface area (Å²) in [5.74, 6) is -0.0315. The number of anilines is 1. The lowest BCUT2D eigenvalue weighted by molar-refractivity contribution is 0.0749. The van der Waals surface area contributed by atoms with Gasteiger partial charge in [0.25, 0.3) is 5.91 Å². The summed E-state index contributed by atoms with van der Waals surface area (Å²) in [4.78, 5) is 14.7. The highest BCUT2D eigenvalue weighted by Gasteiger charge is 2.23. The van der Waals surface area contributed by atoms with Crippen molar-refractivity contribution in [2.24, 2.45) is 0 Å². The predicted molar refractivity (Wildman–Crippen MR) is 85.8 cm³/mol. The number of carbonyl (C=O) groups is 1. The van der Waals surface area contributed by atoms with Crippen LogP contribution >= 0.6 is 0 Å². The molecule has 1 aromatic heterocycles. The van der Waals surface area contributed by atoms with E-state index in [-0.39, 0.29) is 5.91 Å². The molecule has 110 valence electrons. The number of rotatable bonds is 1. The van der Waals surface area contributed by atoms with Crippen molar-refractivity contribution in [3.05, 3.63) is 59.8 Å². The number of nitrogens with one attached hydrogen (secondary N) is 2. The van der Waals surface area contributed by atoms with Crippen LogP contribution in [0.1, 0.15) is 16.1 Å². The fourth-order valence-electron chi connectivity index (χ4n) is 2.89. The molecule has 5 nitrogen and oxygen atoms in total. The zero-order chi connectivity index (χ0) is 14.9. The minimum Gasteiger partial charge on any atom is -0.383 e. The highest BCUT2D eigenvalue weighted by Crippen LogP contribution is 2.22. The van der Waals surface area contributed by atoms with Gasteiger partial charge in [0.1, 0.15) is 0 Å². The first kappa shape index (κ1) is 12.9. The lowest BCUT2D eigenvalue weighted by Crippen LogP contribution is -2.33. The molecular weight excluding hydrogens is 276 g/mol. The zero-order valence-electron chi connectivity index (χ0n) is 12.0. The molecule has 0 radical (unpaired) electrons. The van der Waals surface area contributed by atoms with Gasteiger partial charge in [0.15, 0.2) is 5.69 Å². The van der Waals surface area contributed by atoms with E-state index < -0.39 is 0 Å². The molecule has 0 unspecified atom stereocenters. The smallest absolute Gasteiger partial charge is 0.275 e. The summed E-state index contributed by atoms with van der Waals surface area (Å²) >= 11 is 0. The van der Waals surface area contributed by atoms with Crippen molar-refractivity contribution in [3.63, 3.8) is 0 Å². The number of carbonyl (C=O) groups excluding carboxylic acids is 1. The molecule has 0 saturated heterocycles. The molecule has 0 atom stereocenters. The number of para-hydroxylation sites is 2. The first-order valence-electron chi connectivity index (χ1n) is 7.37. The number of aromatic amines is 1. The van der Waals surface area contributed by atoms with E-state index >= 15 is 0 Å². The quantitative estimate of drug-likeness (QED) is 0.725. The average Bonchev–Trinajstić information content (AvgIpc) is 2.86. The van der Waals surface area contributed by atoms with Gasteiger partial charge in [-0.1, -0.05) is 36.4 Å². The molecule has 2 aromatic carbocycles. The van der Waals surface area contributed by atoms with Crippen molar-refractivity contribution in [3.8, 4) is 0 Å². The molecule has 2 heterocycles. The number of aromatic nitrogens is 2. The summed E-state index contributed by atoms with van der Waals surface area (Å²) < 4.78 is 0. The normalized spacial score (nSPS) is 14.3. The third-order valence-corrected chi connectivity index (χ3v) is 4.04. The first-order valence-corrected chi connectivity index (χ1v) is 7.37. The van der Waals surface area contributed by atoms with Crippen LogP contribution in [0.5, 0.6) is 0 Å². The maximum absolute atomic E-state index is 12.9. The fraction of sp³-hybridized carbons (Fsp3) is 0.176. The first-order chi connectivity index (χ1) is 10.8. The fourth-order valence-corrected chi connectivity index (χ4v) is 2.89. The van der Waals surface area contributed by atoms with Crippen molar-refractivity contribution in [2.75, 3.05) is 18.4 Å². The number of nitrogens with zero attached hydrogens (tertiary/aromatic N) is 2. The van der Waals surface area contributed by atoms with E-state index in [1.807, 2.05) is 47.4 Å². The average molecular weight is 292 g/mol. The topological polar surface area (TPSA) is 61.0 Å². The third-order valence-electron chi connectivity index (χ3n) is 4.04. The third kappa shape index (κ3) is 2.11. The van der Waals surface area contributed by atoms with Crippen LogP contribution in [-0.4, -0.2) is 34.1 Å².